The molecule has 39 heavy (non-hydrogen) atoms. The molecule has 0 spiro atoms. The summed E-state index contributed by atoms with van der Waals surface area (Å²) in [5.74, 6) is -0.0774. The monoisotopic (exact) mass is 533 g/mol. The zero-order valence-electron chi connectivity index (χ0n) is 24.6. The average molecular weight is 534 g/mol. The first-order valence-corrected chi connectivity index (χ1v) is 12.5. The van der Waals surface area contributed by atoms with E-state index in [1.54, 1.807) is 54.4 Å². The molecule has 8 nitrogen and oxygen atoms in total. The first kappa shape index (κ1) is 23.7. The molecule has 8 heteroatoms. The highest BCUT2D eigenvalue weighted by Crippen LogP contribution is 2.22. The van der Waals surface area contributed by atoms with Crippen LogP contribution in [-0.2, 0) is 17.7 Å². The molecule has 4 aromatic rings. The lowest BCUT2D eigenvalue weighted by Crippen LogP contribution is -2.37. The summed E-state index contributed by atoms with van der Waals surface area (Å²) in [7, 11) is 1.76. The van der Waals surface area contributed by atoms with Crippen molar-refractivity contribution in [1.29, 1.82) is 0 Å². The Labute approximate surface area is 232 Å². The number of carbonyl (C=O) groups excluding carboxylic acids is 1. The second kappa shape index (κ2) is 13.9. The second-order valence-electron chi connectivity index (χ2n) is 8.95. The van der Waals surface area contributed by atoms with Gasteiger partial charge in [0.25, 0.3) is 0 Å². The number of carbonyl (C=O) groups is 2. The number of benzene rings is 3. The van der Waals surface area contributed by atoms with Gasteiger partial charge in [-0.2, -0.15) is 0 Å². The molecular weight excluding hydrogens is 494 g/mol. The minimum atomic E-state index is -2.08. The number of nitrogens with zero attached hydrogens (tertiary/aromatic N) is 1. The van der Waals surface area contributed by atoms with Gasteiger partial charge in [0.15, 0.2) is 0 Å². The number of ether oxygens (including phenoxy) is 1. The molecule has 1 unspecified atom stereocenters. The Morgan fingerprint density at radius 2 is 1.74 bits per heavy atom. The number of aromatic carboxylic acids is 1. The molecule has 1 aromatic heterocycles. The molecule has 0 aliphatic carbocycles. The van der Waals surface area contributed by atoms with E-state index < -0.39 is 18.4 Å². The topological polar surface area (TPSA) is 104 Å². The molecular formula is C31H33N3O5. The van der Waals surface area contributed by atoms with Gasteiger partial charge >= 0.3 is 5.97 Å². The van der Waals surface area contributed by atoms with E-state index in [0.29, 0.717) is 29.3 Å². The van der Waals surface area contributed by atoms with Gasteiger partial charge in [-0.1, -0.05) is 36.4 Å². The zero-order valence-corrected chi connectivity index (χ0v) is 21.6. The number of hydrogen-bond donors (Lipinski definition) is 3. The maximum Gasteiger partial charge on any atom is 0.336 e. The maximum absolute atomic E-state index is 12.7. The predicted octanol–water partition coefficient (Wildman–Crippen LogP) is 5.43. The molecule has 3 aromatic carbocycles. The minimum Gasteiger partial charge on any atom is -0.478 e. The van der Waals surface area contributed by atoms with Gasteiger partial charge in [0, 0.05) is 27.4 Å². The summed E-state index contributed by atoms with van der Waals surface area (Å²) in [6.07, 6.45) is -0.563. The smallest absolute Gasteiger partial charge is 0.336 e. The van der Waals surface area contributed by atoms with Crippen molar-refractivity contribution in [3.63, 3.8) is 0 Å². The highest BCUT2D eigenvalue weighted by molar-refractivity contribution is 5.92. The molecule has 0 aliphatic heterocycles. The Morgan fingerprint density at radius 1 is 1.03 bits per heavy atom. The molecule has 202 valence electrons. The summed E-state index contributed by atoms with van der Waals surface area (Å²) >= 11 is 0. The third kappa shape index (κ3) is 8.84. The molecule has 0 fully saturated rings. The molecule has 1 atom stereocenters. The first-order valence-electron chi connectivity index (χ1n) is 14.0. The van der Waals surface area contributed by atoms with Crippen molar-refractivity contribution in [2.75, 3.05) is 25.5 Å². The van der Waals surface area contributed by atoms with Gasteiger partial charge < -0.3 is 24.9 Å². The Morgan fingerprint density at radius 3 is 2.46 bits per heavy atom. The third-order valence-electron chi connectivity index (χ3n) is 5.89. The number of nitrogens with one attached hydrogen (secondary N) is 2. The number of furan rings is 1. The van der Waals surface area contributed by atoms with Crippen LogP contribution in [0.15, 0.2) is 102 Å². The molecule has 0 saturated carbocycles. The fraction of sp³-hybridized carbons (Fsp3) is 0.226. The Balaban J connectivity index is 1.35. The molecule has 0 saturated heterocycles. The van der Waals surface area contributed by atoms with E-state index in [1.807, 2.05) is 30.3 Å². The molecule has 1 amide bonds. The van der Waals surface area contributed by atoms with Crippen LogP contribution in [0.3, 0.4) is 0 Å². The summed E-state index contributed by atoms with van der Waals surface area (Å²) < 4.78 is 36.7. The van der Waals surface area contributed by atoms with Crippen LogP contribution >= 0.6 is 0 Å². The van der Waals surface area contributed by atoms with Crippen LogP contribution < -0.4 is 15.4 Å². The summed E-state index contributed by atoms with van der Waals surface area (Å²) in [5.41, 5.74) is 1.24. The van der Waals surface area contributed by atoms with Gasteiger partial charge in [0.05, 0.1) is 19.7 Å². The van der Waals surface area contributed by atoms with Crippen molar-refractivity contribution in [2.45, 2.75) is 25.4 Å². The van der Waals surface area contributed by atoms with Gasteiger partial charge in [-0.3, -0.25) is 9.69 Å². The van der Waals surface area contributed by atoms with Crippen LogP contribution in [-0.4, -0.2) is 48.1 Å². The van der Waals surface area contributed by atoms with Crippen molar-refractivity contribution in [2.24, 2.45) is 0 Å². The zero-order chi connectivity index (χ0) is 30.1. The molecule has 1 heterocycles. The van der Waals surface area contributed by atoms with Crippen molar-refractivity contribution >= 4 is 17.6 Å². The third-order valence-corrected chi connectivity index (χ3v) is 5.89. The fourth-order valence-electron chi connectivity index (χ4n) is 3.93. The number of carboxylic acids is 1. The highest BCUT2D eigenvalue weighted by atomic mass is 16.5. The lowest BCUT2D eigenvalue weighted by molar-refractivity contribution is -0.117. The second-order valence-corrected chi connectivity index (χ2v) is 8.95. The van der Waals surface area contributed by atoms with Gasteiger partial charge in [0.2, 0.25) is 5.91 Å². The first-order chi connectivity index (χ1) is 20.1. The Kier molecular flexibility index (Phi) is 8.47. The SMILES string of the molecule is [3H]c1ccoc1C([3H])([3H])C(CCN(C)CC(=O)Nc1ccc(Oc2ccccc2)cc1)NCc1ccccc1C(=O)O. The highest BCUT2D eigenvalue weighted by Gasteiger charge is 2.16. The van der Waals surface area contributed by atoms with Gasteiger partial charge in [0.1, 0.15) is 17.3 Å². The number of hydrogen-bond acceptors (Lipinski definition) is 6. The number of likely N-dealkylation sites (N-methyl/N-ethyl adjacent to an activating group) is 1. The fourth-order valence-corrected chi connectivity index (χ4v) is 3.93. The van der Waals surface area contributed by atoms with Gasteiger partial charge in [-0.15, -0.1) is 0 Å². The van der Waals surface area contributed by atoms with Crippen molar-refractivity contribution in [3.05, 3.63) is 114 Å². The summed E-state index contributed by atoms with van der Waals surface area (Å²) in [6.45, 7) is 0.488. The van der Waals surface area contributed by atoms with Crippen LogP contribution in [0, 0.1) is 0 Å². The van der Waals surface area contributed by atoms with Gasteiger partial charge in [-0.25, -0.2) is 4.79 Å². The minimum absolute atomic E-state index is 0.0598. The van der Waals surface area contributed by atoms with Crippen LogP contribution in [0.2, 0.25) is 0 Å². The molecule has 0 bridgehead atoms. The Bertz CT molecular complexity index is 1480. The lowest BCUT2D eigenvalue weighted by Gasteiger charge is -2.22. The number of carboxylic acid groups (broad SMARTS) is 1. The number of amides is 1. The van der Waals surface area contributed by atoms with E-state index in [4.69, 9.17) is 13.3 Å². The van der Waals surface area contributed by atoms with Crippen LogP contribution in [0.4, 0.5) is 5.69 Å². The van der Waals surface area contributed by atoms with Gasteiger partial charge in [-0.05, 0) is 80.2 Å². The van der Waals surface area contributed by atoms with E-state index in [-0.39, 0.29) is 42.8 Å². The summed E-state index contributed by atoms with van der Waals surface area (Å²) in [5, 5.41) is 15.5. The molecule has 0 aliphatic rings. The number of anilines is 1. The maximum atomic E-state index is 12.7. The average Bonchev–Trinajstić information content (AvgIpc) is 3.41. The lowest BCUT2D eigenvalue weighted by atomic mass is 10.0. The number of para-hydroxylation sites is 1. The predicted molar refractivity (Wildman–Crippen MR) is 150 cm³/mol. The van der Waals surface area contributed by atoms with Crippen LogP contribution in [0.1, 0.15) is 32.2 Å². The molecule has 3 N–H and O–H groups in total. The standard InChI is InChI=1S/C31H33N3O5/c1-34(22-30(35)33-24-13-15-27(16-14-24)39-26-9-3-2-4-10-26)18-17-25(20-28-11-7-19-38-28)32-21-23-8-5-6-12-29(23)31(36)37/h2-16,19,25,32H,17-18,20-22H2,1H3,(H,33,35)(H,36,37)/i11T,20T2. The van der Waals surface area contributed by atoms with E-state index in [0.717, 1.165) is 0 Å². The van der Waals surface area contributed by atoms with Crippen molar-refractivity contribution in [3.8, 4) is 11.5 Å². The quantitative estimate of drug-likeness (QED) is 0.199. The Hall–Kier alpha value is -4.40. The van der Waals surface area contributed by atoms with E-state index in [1.165, 1.54) is 18.4 Å². The van der Waals surface area contributed by atoms with E-state index >= 15 is 0 Å². The van der Waals surface area contributed by atoms with Crippen LogP contribution in [0.25, 0.3) is 0 Å². The number of rotatable bonds is 14. The van der Waals surface area contributed by atoms with Crippen molar-refractivity contribution in [1.82, 2.24) is 10.2 Å². The van der Waals surface area contributed by atoms with Crippen molar-refractivity contribution < 1.29 is 28.0 Å². The van der Waals surface area contributed by atoms with Crippen LogP contribution in [0.5, 0.6) is 11.5 Å². The van der Waals surface area contributed by atoms with E-state index in [9.17, 15) is 14.7 Å². The molecule has 4 rings (SSSR count). The largest absolute Gasteiger partial charge is 0.478 e. The summed E-state index contributed by atoms with van der Waals surface area (Å²) in [4.78, 5) is 26.1. The molecule has 0 radical (unpaired) electrons. The summed E-state index contributed by atoms with van der Waals surface area (Å²) in [6, 6.07) is 23.4. The van der Waals surface area contributed by atoms with E-state index in [2.05, 4.69) is 10.6 Å². The normalized spacial score (nSPS) is 13.2.